The van der Waals surface area contributed by atoms with E-state index in [4.69, 9.17) is 0 Å². The molecule has 1 heterocycles. The van der Waals surface area contributed by atoms with Crippen LogP contribution < -0.4 is 5.32 Å². The summed E-state index contributed by atoms with van der Waals surface area (Å²) >= 11 is 0. The zero-order valence-electron chi connectivity index (χ0n) is 8.43. The summed E-state index contributed by atoms with van der Waals surface area (Å²) in [6, 6.07) is 0.322. The van der Waals surface area contributed by atoms with Gasteiger partial charge in [-0.05, 0) is 31.7 Å². The normalized spacial score (nSPS) is 29.2. The second-order valence-electron chi connectivity index (χ2n) is 4.15. The van der Waals surface area contributed by atoms with Gasteiger partial charge in [-0.25, -0.2) is 0 Å². The predicted octanol–water partition coefficient (Wildman–Crippen LogP) is 1.54. The van der Waals surface area contributed by atoms with Crippen LogP contribution in [0.15, 0.2) is 0 Å². The lowest BCUT2D eigenvalue weighted by molar-refractivity contribution is -0.0376. The van der Waals surface area contributed by atoms with E-state index in [0.29, 0.717) is 12.0 Å². The summed E-state index contributed by atoms with van der Waals surface area (Å²) in [5.41, 5.74) is -0.490. The fourth-order valence-corrected chi connectivity index (χ4v) is 2.17. The summed E-state index contributed by atoms with van der Waals surface area (Å²) in [7, 11) is 0. The van der Waals surface area contributed by atoms with E-state index in [2.05, 4.69) is 26.1 Å². The number of hydrogen-bond acceptors (Lipinski definition) is 2. The number of rotatable bonds is 3. The molecule has 0 aromatic heterocycles. The van der Waals surface area contributed by atoms with E-state index >= 15 is 0 Å². The molecule has 2 heteroatoms. The van der Waals surface area contributed by atoms with Crippen molar-refractivity contribution in [3.05, 3.63) is 0 Å². The topological polar surface area (TPSA) is 32.3 Å². The first-order valence-electron chi connectivity index (χ1n) is 5.07. The average molecular weight is 171 g/mol. The minimum atomic E-state index is -0.490. The van der Waals surface area contributed by atoms with Gasteiger partial charge in [-0.2, -0.15) is 0 Å². The lowest BCUT2D eigenvalue weighted by Crippen LogP contribution is -2.51. The molecule has 1 fully saturated rings. The Bertz CT molecular complexity index is 141. The molecule has 1 aliphatic heterocycles. The van der Waals surface area contributed by atoms with Crippen molar-refractivity contribution >= 4 is 0 Å². The smallest absolute Gasteiger partial charge is 0.0820 e. The monoisotopic (exact) mass is 171 g/mol. The molecule has 0 aliphatic carbocycles. The first-order chi connectivity index (χ1) is 5.61. The molecule has 0 bridgehead atoms. The van der Waals surface area contributed by atoms with Gasteiger partial charge in [0.1, 0.15) is 0 Å². The molecule has 0 saturated carbocycles. The third kappa shape index (κ3) is 1.64. The lowest BCUT2D eigenvalue weighted by Gasteiger charge is -2.37. The number of aliphatic hydroxyl groups is 1. The van der Waals surface area contributed by atoms with Gasteiger partial charge < -0.3 is 10.4 Å². The summed E-state index contributed by atoms with van der Waals surface area (Å²) in [6.07, 6.45) is 3.19. The Labute approximate surface area is 75.4 Å². The second-order valence-corrected chi connectivity index (χ2v) is 4.15. The van der Waals surface area contributed by atoms with E-state index in [1.54, 1.807) is 0 Å². The highest BCUT2D eigenvalue weighted by Crippen LogP contribution is 2.29. The molecule has 2 nitrogen and oxygen atoms in total. The maximum atomic E-state index is 10.3. The average Bonchev–Trinajstić information content (AvgIpc) is 2.54. The summed E-state index contributed by atoms with van der Waals surface area (Å²) in [6.45, 7) is 7.34. The van der Waals surface area contributed by atoms with Crippen LogP contribution >= 0.6 is 0 Å². The SMILES string of the molecule is CCC(O)(C(C)C)C1CCCN1. The molecule has 0 amide bonds. The summed E-state index contributed by atoms with van der Waals surface area (Å²) in [5.74, 6) is 0.345. The number of nitrogens with one attached hydrogen (secondary N) is 1. The van der Waals surface area contributed by atoms with E-state index in [1.165, 1.54) is 6.42 Å². The van der Waals surface area contributed by atoms with E-state index in [9.17, 15) is 5.11 Å². The summed E-state index contributed by atoms with van der Waals surface area (Å²) < 4.78 is 0. The fraction of sp³-hybridized carbons (Fsp3) is 1.00. The Morgan fingerprint density at radius 1 is 1.58 bits per heavy atom. The molecule has 12 heavy (non-hydrogen) atoms. The van der Waals surface area contributed by atoms with E-state index < -0.39 is 5.60 Å². The molecule has 1 rings (SSSR count). The molecule has 0 aromatic rings. The van der Waals surface area contributed by atoms with Crippen molar-refractivity contribution < 1.29 is 5.11 Å². The highest BCUT2D eigenvalue weighted by atomic mass is 16.3. The third-order valence-electron chi connectivity index (χ3n) is 3.23. The molecule has 1 saturated heterocycles. The van der Waals surface area contributed by atoms with Gasteiger partial charge in [0.05, 0.1) is 5.60 Å². The maximum Gasteiger partial charge on any atom is 0.0820 e. The summed E-state index contributed by atoms with van der Waals surface area (Å²) in [4.78, 5) is 0. The highest BCUT2D eigenvalue weighted by molar-refractivity contribution is 4.95. The van der Waals surface area contributed by atoms with Crippen LogP contribution in [0.25, 0.3) is 0 Å². The van der Waals surface area contributed by atoms with Gasteiger partial charge in [-0.1, -0.05) is 20.8 Å². The highest BCUT2D eigenvalue weighted by Gasteiger charge is 2.39. The Kier molecular flexibility index (Phi) is 3.13. The van der Waals surface area contributed by atoms with Gasteiger partial charge in [0.15, 0.2) is 0 Å². The van der Waals surface area contributed by atoms with Gasteiger partial charge >= 0.3 is 0 Å². The molecule has 0 spiro atoms. The first kappa shape index (κ1) is 10.0. The Balaban J connectivity index is 2.64. The quantitative estimate of drug-likeness (QED) is 0.675. The van der Waals surface area contributed by atoms with Gasteiger partial charge in [-0.15, -0.1) is 0 Å². The largest absolute Gasteiger partial charge is 0.388 e. The third-order valence-corrected chi connectivity index (χ3v) is 3.23. The van der Waals surface area contributed by atoms with Crippen LogP contribution in [0.1, 0.15) is 40.0 Å². The molecule has 2 N–H and O–H groups in total. The van der Waals surface area contributed by atoms with Crippen molar-refractivity contribution in [1.29, 1.82) is 0 Å². The predicted molar refractivity (Wildman–Crippen MR) is 51.1 cm³/mol. The van der Waals surface area contributed by atoms with Crippen molar-refractivity contribution in [1.82, 2.24) is 5.32 Å². The van der Waals surface area contributed by atoms with Crippen molar-refractivity contribution in [3.63, 3.8) is 0 Å². The number of hydrogen-bond donors (Lipinski definition) is 2. The van der Waals surface area contributed by atoms with Gasteiger partial charge in [0, 0.05) is 6.04 Å². The molecular weight excluding hydrogens is 150 g/mol. The minimum Gasteiger partial charge on any atom is -0.388 e. The molecule has 72 valence electrons. The standard InChI is InChI=1S/C10H21NO/c1-4-10(12,8(2)3)9-6-5-7-11-9/h8-9,11-12H,4-7H2,1-3H3. The molecule has 2 atom stereocenters. The minimum absolute atomic E-state index is 0.322. The maximum absolute atomic E-state index is 10.3. The molecule has 0 radical (unpaired) electrons. The van der Waals surface area contributed by atoms with Crippen LogP contribution in [-0.2, 0) is 0 Å². The van der Waals surface area contributed by atoms with Gasteiger partial charge in [0.25, 0.3) is 0 Å². The zero-order valence-corrected chi connectivity index (χ0v) is 8.43. The summed E-state index contributed by atoms with van der Waals surface area (Å²) in [5, 5.41) is 13.7. The van der Waals surface area contributed by atoms with E-state index in [-0.39, 0.29) is 0 Å². The van der Waals surface area contributed by atoms with Crippen molar-refractivity contribution in [2.45, 2.75) is 51.7 Å². The molecular formula is C10H21NO. The van der Waals surface area contributed by atoms with E-state index in [0.717, 1.165) is 19.4 Å². The van der Waals surface area contributed by atoms with Crippen LogP contribution in [-0.4, -0.2) is 23.3 Å². The van der Waals surface area contributed by atoms with E-state index in [1.807, 2.05) is 0 Å². The lowest BCUT2D eigenvalue weighted by atomic mass is 9.80. The molecule has 1 aliphatic rings. The van der Waals surface area contributed by atoms with Crippen LogP contribution in [0.3, 0.4) is 0 Å². The van der Waals surface area contributed by atoms with Crippen molar-refractivity contribution in [2.24, 2.45) is 5.92 Å². The molecule has 2 unspecified atom stereocenters. The van der Waals surface area contributed by atoms with Crippen molar-refractivity contribution in [3.8, 4) is 0 Å². The molecule has 0 aromatic carbocycles. The fourth-order valence-electron chi connectivity index (χ4n) is 2.17. The second kappa shape index (κ2) is 3.75. The first-order valence-corrected chi connectivity index (χ1v) is 5.07. The van der Waals surface area contributed by atoms with Crippen LogP contribution in [0.4, 0.5) is 0 Å². The van der Waals surface area contributed by atoms with Crippen LogP contribution in [0.2, 0.25) is 0 Å². The Morgan fingerprint density at radius 2 is 2.25 bits per heavy atom. The van der Waals surface area contributed by atoms with Gasteiger partial charge in [-0.3, -0.25) is 0 Å². The van der Waals surface area contributed by atoms with Crippen LogP contribution in [0, 0.1) is 5.92 Å². The Morgan fingerprint density at radius 3 is 2.58 bits per heavy atom. The Hall–Kier alpha value is -0.0800. The van der Waals surface area contributed by atoms with Crippen molar-refractivity contribution in [2.75, 3.05) is 6.54 Å². The van der Waals surface area contributed by atoms with Gasteiger partial charge in [0.2, 0.25) is 0 Å². The van der Waals surface area contributed by atoms with Crippen LogP contribution in [0.5, 0.6) is 0 Å². The zero-order chi connectivity index (χ0) is 9.19.